The zero-order valence-electron chi connectivity index (χ0n) is 13.0. The van der Waals surface area contributed by atoms with Crippen LogP contribution in [0.15, 0.2) is 24.3 Å². The first kappa shape index (κ1) is 18.0. The van der Waals surface area contributed by atoms with Gasteiger partial charge in [-0.05, 0) is 42.9 Å². The Balaban J connectivity index is 0.00000220. The van der Waals surface area contributed by atoms with Crippen LogP contribution in [0.2, 0.25) is 0 Å². The van der Waals surface area contributed by atoms with Crippen LogP contribution in [0.25, 0.3) is 0 Å². The second-order valence-corrected chi connectivity index (χ2v) is 5.80. The van der Waals surface area contributed by atoms with Gasteiger partial charge in [-0.1, -0.05) is 38.1 Å². The Labute approximate surface area is 134 Å². The predicted octanol–water partition coefficient (Wildman–Crippen LogP) is 3.03. The number of carbonyl (C=O) groups excluding carboxylic acids is 1. The van der Waals surface area contributed by atoms with E-state index in [0.717, 1.165) is 19.5 Å². The van der Waals surface area contributed by atoms with Crippen LogP contribution >= 0.6 is 12.4 Å². The molecule has 1 aromatic carbocycles. The van der Waals surface area contributed by atoms with Crippen LogP contribution < -0.4 is 10.6 Å². The van der Waals surface area contributed by atoms with Crippen LogP contribution in [0.1, 0.15) is 50.2 Å². The first-order chi connectivity index (χ1) is 9.69. The van der Waals surface area contributed by atoms with E-state index >= 15 is 0 Å². The molecule has 2 rings (SSSR count). The van der Waals surface area contributed by atoms with E-state index in [1.807, 2.05) is 0 Å². The summed E-state index contributed by atoms with van der Waals surface area (Å²) in [6.07, 6.45) is 4.02. The standard InChI is InChI=1S/C17H26N2O.ClH/c1-3-14-6-8-15(9-7-14)13(2)11-17(20)19-12-16-5-4-10-18-16;/h6-9,13,16,18H,3-5,10-12H2,1-2H3,(H,19,20);1H. The summed E-state index contributed by atoms with van der Waals surface area (Å²) >= 11 is 0. The largest absolute Gasteiger partial charge is 0.355 e. The van der Waals surface area contributed by atoms with Gasteiger partial charge in [-0.25, -0.2) is 0 Å². The molecule has 2 unspecified atom stereocenters. The molecule has 1 amide bonds. The van der Waals surface area contributed by atoms with Gasteiger partial charge < -0.3 is 10.6 Å². The Kier molecular flexibility index (Phi) is 7.76. The van der Waals surface area contributed by atoms with Crippen molar-refractivity contribution in [1.82, 2.24) is 10.6 Å². The summed E-state index contributed by atoms with van der Waals surface area (Å²) in [6.45, 7) is 6.12. The van der Waals surface area contributed by atoms with Gasteiger partial charge in [-0.15, -0.1) is 12.4 Å². The van der Waals surface area contributed by atoms with E-state index in [1.165, 1.54) is 24.0 Å². The van der Waals surface area contributed by atoms with Crippen molar-refractivity contribution >= 4 is 18.3 Å². The highest BCUT2D eigenvalue weighted by Gasteiger charge is 2.16. The van der Waals surface area contributed by atoms with E-state index in [-0.39, 0.29) is 24.2 Å². The second-order valence-electron chi connectivity index (χ2n) is 5.80. The van der Waals surface area contributed by atoms with Gasteiger partial charge in [0.15, 0.2) is 0 Å². The summed E-state index contributed by atoms with van der Waals surface area (Å²) in [5.41, 5.74) is 2.59. The van der Waals surface area contributed by atoms with Gasteiger partial charge in [0.25, 0.3) is 0 Å². The van der Waals surface area contributed by atoms with E-state index in [4.69, 9.17) is 0 Å². The average Bonchev–Trinajstić information content (AvgIpc) is 2.98. The maximum atomic E-state index is 12.0. The molecule has 1 saturated heterocycles. The molecule has 1 fully saturated rings. The molecule has 0 radical (unpaired) electrons. The number of rotatable bonds is 6. The smallest absolute Gasteiger partial charge is 0.220 e. The minimum atomic E-state index is 0. The fourth-order valence-corrected chi connectivity index (χ4v) is 2.72. The van der Waals surface area contributed by atoms with Gasteiger partial charge >= 0.3 is 0 Å². The average molecular weight is 311 g/mol. The van der Waals surface area contributed by atoms with Crippen molar-refractivity contribution < 1.29 is 4.79 Å². The molecule has 0 aromatic heterocycles. The third-order valence-corrected chi connectivity index (χ3v) is 4.16. The van der Waals surface area contributed by atoms with Crippen molar-refractivity contribution in [2.24, 2.45) is 0 Å². The highest BCUT2D eigenvalue weighted by Crippen LogP contribution is 2.19. The lowest BCUT2D eigenvalue weighted by Gasteiger charge is -2.15. The van der Waals surface area contributed by atoms with Crippen molar-refractivity contribution in [3.63, 3.8) is 0 Å². The number of nitrogens with one attached hydrogen (secondary N) is 2. The summed E-state index contributed by atoms with van der Waals surface area (Å²) in [4.78, 5) is 12.0. The van der Waals surface area contributed by atoms with Gasteiger partial charge in [-0.3, -0.25) is 4.79 Å². The molecule has 118 valence electrons. The minimum absolute atomic E-state index is 0. The van der Waals surface area contributed by atoms with Crippen LogP contribution in [0.5, 0.6) is 0 Å². The van der Waals surface area contributed by atoms with Crippen LogP contribution in [0.4, 0.5) is 0 Å². The summed E-state index contributed by atoms with van der Waals surface area (Å²) in [5, 5.41) is 6.44. The van der Waals surface area contributed by atoms with Crippen molar-refractivity contribution in [3.8, 4) is 0 Å². The number of hydrogen-bond acceptors (Lipinski definition) is 2. The van der Waals surface area contributed by atoms with Crippen molar-refractivity contribution in [3.05, 3.63) is 35.4 Å². The lowest BCUT2D eigenvalue weighted by atomic mass is 9.96. The zero-order chi connectivity index (χ0) is 14.4. The molecular weight excluding hydrogens is 284 g/mol. The highest BCUT2D eigenvalue weighted by atomic mass is 35.5. The first-order valence-electron chi connectivity index (χ1n) is 7.78. The lowest BCUT2D eigenvalue weighted by Crippen LogP contribution is -2.37. The molecule has 1 aromatic rings. The molecule has 1 aliphatic rings. The number of benzene rings is 1. The first-order valence-corrected chi connectivity index (χ1v) is 7.78. The number of amides is 1. The molecule has 0 bridgehead atoms. The number of carbonyl (C=O) groups is 1. The molecule has 0 aliphatic carbocycles. The lowest BCUT2D eigenvalue weighted by molar-refractivity contribution is -0.121. The molecule has 1 aliphatic heterocycles. The van der Waals surface area contributed by atoms with Crippen LogP contribution in [0.3, 0.4) is 0 Å². The van der Waals surface area contributed by atoms with E-state index in [9.17, 15) is 4.79 Å². The van der Waals surface area contributed by atoms with Gasteiger partial charge in [0.1, 0.15) is 0 Å². The SMILES string of the molecule is CCc1ccc(C(C)CC(=O)NCC2CCCN2)cc1.Cl. The van der Waals surface area contributed by atoms with E-state index in [0.29, 0.717) is 12.5 Å². The molecule has 1 heterocycles. The molecule has 2 N–H and O–H groups in total. The summed E-state index contributed by atoms with van der Waals surface area (Å²) < 4.78 is 0. The number of halogens is 1. The quantitative estimate of drug-likeness (QED) is 0.848. The van der Waals surface area contributed by atoms with Gasteiger partial charge in [-0.2, -0.15) is 0 Å². The van der Waals surface area contributed by atoms with Crippen molar-refractivity contribution in [2.75, 3.05) is 13.1 Å². The Morgan fingerprint density at radius 2 is 2.10 bits per heavy atom. The fraction of sp³-hybridized carbons (Fsp3) is 0.588. The molecule has 2 atom stereocenters. The Morgan fingerprint density at radius 3 is 2.67 bits per heavy atom. The van der Waals surface area contributed by atoms with E-state index in [2.05, 4.69) is 48.7 Å². The Bertz CT molecular complexity index is 427. The second kappa shape index (κ2) is 9.06. The van der Waals surface area contributed by atoms with Gasteiger partial charge in [0.2, 0.25) is 5.91 Å². The molecule has 0 spiro atoms. The monoisotopic (exact) mass is 310 g/mol. The van der Waals surface area contributed by atoms with Crippen LogP contribution in [-0.2, 0) is 11.2 Å². The normalized spacial score (nSPS) is 18.9. The zero-order valence-corrected chi connectivity index (χ0v) is 13.8. The summed E-state index contributed by atoms with van der Waals surface area (Å²) in [5.74, 6) is 0.434. The van der Waals surface area contributed by atoms with Crippen molar-refractivity contribution in [1.29, 1.82) is 0 Å². The van der Waals surface area contributed by atoms with Gasteiger partial charge in [0, 0.05) is 19.0 Å². The highest BCUT2D eigenvalue weighted by molar-refractivity contribution is 5.85. The van der Waals surface area contributed by atoms with Crippen LogP contribution in [-0.4, -0.2) is 25.0 Å². The Morgan fingerprint density at radius 1 is 1.38 bits per heavy atom. The van der Waals surface area contributed by atoms with Crippen LogP contribution in [0, 0.1) is 0 Å². The van der Waals surface area contributed by atoms with Crippen molar-refractivity contribution in [2.45, 2.75) is 51.5 Å². The fourth-order valence-electron chi connectivity index (χ4n) is 2.72. The molecule has 21 heavy (non-hydrogen) atoms. The molecule has 0 saturated carbocycles. The maximum absolute atomic E-state index is 12.0. The van der Waals surface area contributed by atoms with E-state index < -0.39 is 0 Å². The summed E-state index contributed by atoms with van der Waals surface area (Å²) in [6, 6.07) is 9.08. The molecule has 4 heteroatoms. The van der Waals surface area contributed by atoms with Gasteiger partial charge in [0.05, 0.1) is 0 Å². The third-order valence-electron chi connectivity index (χ3n) is 4.16. The minimum Gasteiger partial charge on any atom is -0.355 e. The molecular formula is C17H27ClN2O. The number of aryl methyl sites for hydroxylation is 1. The summed E-state index contributed by atoms with van der Waals surface area (Å²) in [7, 11) is 0. The number of hydrogen-bond donors (Lipinski definition) is 2. The third kappa shape index (κ3) is 5.68. The topological polar surface area (TPSA) is 41.1 Å². The Hall–Kier alpha value is -1.06. The maximum Gasteiger partial charge on any atom is 0.220 e. The van der Waals surface area contributed by atoms with E-state index in [1.54, 1.807) is 0 Å². The molecule has 3 nitrogen and oxygen atoms in total. The predicted molar refractivity (Wildman–Crippen MR) is 90.1 cm³/mol.